The molecule has 100 valence electrons. The second kappa shape index (κ2) is 8.42. The summed E-state index contributed by atoms with van der Waals surface area (Å²) in [5, 5.41) is 0. The summed E-state index contributed by atoms with van der Waals surface area (Å²) in [6.07, 6.45) is 1.65. The molecule has 2 N–H and O–H groups in total. The summed E-state index contributed by atoms with van der Waals surface area (Å²) in [6, 6.07) is 0. The molecule has 0 radical (unpaired) electrons. The Labute approximate surface area is 110 Å². The van der Waals surface area contributed by atoms with Gasteiger partial charge in [0.2, 0.25) is 5.91 Å². The average Bonchev–Trinajstić information content (AvgIpc) is 2.24. The summed E-state index contributed by atoms with van der Waals surface area (Å²) in [5.74, 6) is -0.231. The van der Waals surface area contributed by atoms with Gasteiger partial charge >= 0.3 is 0 Å². The molecule has 0 aliphatic carbocycles. The van der Waals surface area contributed by atoms with Crippen molar-refractivity contribution >= 4 is 23.1 Å². The van der Waals surface area contributed by atoms with Gasteiger partial charge in [-0.15, -0.1) is 0 Å². The summed E-state index contributed by atoms with van der Waals surface area (Å²) in [6.45, 7) is 6.39. The minimum atomic E-state index is -0.302. The van der Waals surface area contributed by atoms with E-state index >= 15 is 0 Å². The van der Waals surface area contributed by atoms with Crippen molar-refractivity contribution in [3.8, 4) is 0 Å². The Morgan fingerprint density at radius 3 is 2.24 bits per heavy atom. The highest BCUT2D eigenvalue weighted by Crippen LogP contribution is 2.09. The molecule has 0 aromatic rings. The van der Waals surface area contributed by atoms with Crippen LogP contribution in [0.2, 0.25) is 0 Å². The van der Waals surface area contributed by atoms with E-state index < -0.39 is 0 Å². The fourth-order valence-electron chi connectivity index (χ4n) is 1.72. The van der Waals surface area contributed by atoms with Crippen LogP contribution < -0.4 is 5.73 Å². The minimum Gasteiger partial charge on any atom is -0.393 e. The molecule has 0 aliphatic rings. The first kappa shape index (κ1) is 16.3. The number of hydrogen-bond donors (Lipinski definition) is 1. The number of hydrogen-bond acceptors (Lipinski definition) is 3. The maximum Gasteiger partial charge on any atom is 0.232 e. The Kier molecular flexibility index (Phi) is 8.08. The van der Waals surface area contributed by atoms with Crippen molar-refractivity contribution in [2.45, 2.75) is 26.7 Å². The summed E-state index contributed by atoms with van der Waals surface area (Å²) < 4.78 is 0. The van der Waals surface area contributed by atoms with Crippen LogP contribution in [0.4, 0.5) is 0 Å². The largest absolute Gasteiger partial charge is 0.393 e. The topological polar surface area (TPSA) is 49.6 Å². The van der Waals surface area contributed by atoms with Crippen LogP contribution in [0, 0.1) is 5.92 Å². The van der Waals surface area contributed by atoms with Crippen LogP contribution in [-0.2, 0) is 4.79 Å². The quantitative estimate of drug-likeness (QED) is 0.663. The van der Waals surface area contributed by atoms with Gasteiger partial charge in [0.15, 0.2) is 0 Å². The van der Waals surface area contributed by atoms with Gasteiger partial charge in [-0.3, -0.25) is 4.79 Å². The van der Waals surface area contributed by atoms with Crippen molar-refractivity contribution in [3.63, 3.8) is 0 Å². The summed E-state index contributed by atoms with van der Waals surface area (Å²) in [5.41, 5.74) is 5.59. The van der Waals surface area contributed by atoms with Gasteiger partial charge in [0, 0.05) is 13.1 Å². The van der Waals surface area contributed by atoms with Crippen molar-refractivity contribution in [2.24, 2.45) is 11.7 Å². The molecule has 0 aromatic carbocycles. The molecule has 0 saturated heterocycles. The van der Waals surface area contributed by atoms with Gasteiger partial charge in [-0.05, 0) is 40.4 Å². The zero-order chi connectivity index (χ0) is 13.4. The first-order chi connectivity index (χ1) is 7.93. The highest BCUT2D eigenvalue weighted by Gasteiger charge is 2.23. The Balaban J connectivity index is 4.33. The number of thiocarbonyl (C=S) groups is 1. The van der Waals surface area contributed by atoms with Crippen molar-refractivity contribution in [1.82, 2.24) is 9.80 Å². The van der Waals surface area contributed by atoms with Crippen LogP contribution in [0.5, 0.6) is 0 Å². The fourth-order valence-corrected chi connectivity index (χ4v) is 1.99. The Hall–Kier alpha value is -0.680. The first-order valence-electron chi connectivity index (χ1n) is 6.16. The van der Waals surface area contributed by atoms with Crippen molar-refractivity contribution in [1.29, 1.82) is 0 Å². The second-order valence-electron chi connectivity index (χ2n) is 4.44. The minimum absolute atomic E-state index is 0.0706. The van der Waals surface area contributed by atoms with Crippen molar-refractivity contribution in [3.05, 3.63) is 0 Å². The molecule has 0 aromatic heterocycles. The number of nitrogens with two attached hydrogens (primary N) is 1. The monoisotopic (exact) mass is 259 g/mol. The zero-order valence-corrected chi connectivity index (χ0v) is 12.2. The number of carbonyl (C=O) groups is 1. The van der Waals surface area contributed by atoms with E-state index in [0.717, 1.165) is 19.5 Å². The highest BCUT2D eigenvalue weighted by molar-refractivity contribution is 7.80. The van der Waals surface area contributed by atoms with E-state index in [4.69, 9.17) is 18.0 Å². The molecule has 0 fully saturated rings. The molecular weight excluding hydrogens is 234 g/mol. The Morgan fingerprint density at radius 2 is 1.88 bits per heavy atom. The lowest BCUT2D eigenvalue weighted by Crippen LogP contribution is -2.41. The van der Waals surface area contributed by atoms with E-state index in [0.29, 0.717) is 18.0 Å². The van der Waals surface area contributed by atoms with E-state index in [9.17, 15) is 4.79 Å². The van der Waals surface area contributed by atoms with Crippen LogP contribution in [0.15, 0.2) is 0 Å². The lowest BCUT2D eigenvalue weighted by molar-refractivity contribution is -0.133. The third-order valence-electron chi connectivity index (χ3n) is 2.78. The molecule has 1 amide bonds. The SMILES string of the molecule is CCC(C(=O)N(CC)CCCN(C)C)C(N)=S. The van der Waals surface area contributed by atoms with Crippen LogP contribution >= 0.6 is 12.2 Å². The van der Waals surface area contributed by atoms with E-state index in [1.807, 2.05) is 32.8 Å². The van der Waals surface area contributed by atoms with Crippen molar-refractivity contribution < 1.29 is 4.79 Å². The summed E-state index contributed by atoms with van der Waals surface area (Å²) in [7, 11) is 4.06. The standard InChI is InChI=1S/C12H25N3OS/c1-5-10(11(13)17)12(16)15(6-2)9-7-8-14(3)4/h10H,5-9H2,1-4H3,(H2,13,17). The molecular formula is C12H25N3OS. The zero-order valence-electron chi connectivity index (χ0n) is 11.4. The molecule has 0 bridgehead atoms. The first-order valence-corrected chi connectivity index (χ1v) is 6.57. The van der Waals surface area contributed by atoms with Gasteiger partial charge in [-0.1, -0.05) is 19.1 Å². The van der Waals surface area contributed by atoms with Gasteiger partial charge in [0.1, 0.15) is 0 Å². The highest BCUT2D eigenvalue weighted by atomic mass is 32.1. The predicted molar refractivity (Wildman–Crippen MR) is 76.0 cm³/mol. The summed E-state index contributed by atoms with van der Waals surface area (Å²) in [4.78, 5) is 16.4. The van der Waals surface area contributed by atoms with E-state index in [1.165, 1.54) is 0 Å². The van der Waals surface area contributed by atoms with Crippen LogP contribution in [0.3, 0.4) is 0 Å². The van der Waals surface area contributed by atoms with Crippen molar-refractivity contribution in [2.75, 3.05) is 33.7 Å². The van der Waals surface area contributed by atoms with E-state index in [-0.39, 0.29) is 11.8 Å². The molecule has 0 rings (SSSR count). The molecule has 0 aliphatic heterocycles. The van der Waals surface area contributed by atoms with Crippen LogP contribution in [0.25, 0.3) is 0 Å². The van der Waals surface area contributed by atoms with E-state index in [1.54, 1.807) is 0 Å². The second-order valence-corrected chi connectivity index (χ2v) is 4.91. The third-order valence-corrected chi connectivity index (χ3v) is 3.06. The van der Waals surface area contributed by atoms with Gasteiger partial charge < -0.3 is 15.5 Å². The van der Waals surface area contributed by atoms with Gasteiger partial charge in [0.25, 0.3) is 0 Å². The molecule has 1 atom stereocenters. The molecule has 0 saturated carbocycles. The lowest BCUT2D eigenvalue weighted by atomic mass is 10.1. The number of rotatable bonds is 8. The van der Waals surface area contributed by atoms with Crippen LogP contribution in [0.1, 0.15) is 26.7 Å². The van der Waals surface area contributed by atoms with Gasteiger partial charge in [-0.25, -0.2) is 0 Å². The molecule has 0 heterocycles. The molecule has 1 unspecified atom stereocenters. The summed E-state index contributed by atoms with van der Waals surface area (Å²) >= 11 is 4.94. The number of nitrogens with zero attached hydrogens (tertiary/aromatic N) is 2. The Bertz CT molecular complexity index is 256. The van der Waals surface area contributed by atoms with Gasteiger partial charge in [-0.2, -0.15) is 0 Å². The fraction of sp³-hybridized carbons (Fsp3) is 0.833. The smallest absolute Gasteiger partial charge is 0.232 e. The Morgan fingerprint density at radius 1 is 1.29 bits per heavy atom. The molecule has 5 heteroatoms. The van der Waals surface area contributed by atoms with Gasteiger partial charge in [0.05, 0.1) is 10.9 Å². The number of carbonyl (C=O) groups excluding carboxylic acids is 1. The maximum absolute atomic E-state index is 12.2. The third kappa shape index (κ3) is 5.98. The van der Waals surface area contributed by atoms with E-state index in [2.05, 4.69) is 4.90 Å². The molecule has 4 nitrogen and oxygen atoms in total. The lowest BCUT2D eigenvalue weighted by Gasteiger charge is -2.25. The molecule has 0 spiro atoms. The maximum atomic E-state index is 12.2. The number of amides is 1. The predicted octanol–water partition coefficient (Wildman–Crippen LogP) is 1.10. The van der Waals surface area contributed by atoms with Crippen LogP contribution in [-0.4, -0.2) is 54.4 Å². The normalized spacial score (nSPS) is 12.5. The molecule has 17 heavy (non-hydrogen) atoms. The average molecular weight is 259 g/mol.